The van der Waals surface area contributed by atoms with Crippen LogP contribution in [-0.2, 0) is 16.6 Å². The quantitative estimate of drug-likeness (QED) is 0.536. The van der Waals surface area contributed by atoms with Crippen LogP contribution in [0.15, 0.2) is 12.3 Å². The van der Waals surface area contributed by atoms with Crippen LogP contribution in [0.3, 0.4) is 0 Å². The Labute approximate surface area is 150 Å². The van der Waals surface area contributed by atoms with E-state index < -0.39 is 11.9 Å². The summed E-state index contributed by atoms with van der Waals surface area (Å²) in [7, 11) is 1.68. The Morgan fingerprint density at radius 2 is 2.08 bits per heavy atom. The number of hydrogen-bond acceptors (Lipinski definition) is 6. The molecule has 0 radical (unpaired) electrons. The molecule has 2 aromatic heterocycles. The van der Waals surface area contributed by atoms with Crippen molar-refractivity contribution in [1.82, 2.24) is 14.5 Å². The molecule has 0 saturated carbocycles. The predicted molar refractivity (Wildman–Crippen MR) is 94.9 cm³/mol. The van der Waals surface area contributed by atoms with E-state index in [2.05, 4.69) is 20.6 Å². The maximum atomic E-state index is 12.5. The average Bonchev–Trinajstić information content (AvgIpc) is 3.11. The standard InChI is InChI=1S/C16H22N6O4/c1-4-26-16(25)14-18-9(2)13(20-14)21-15(24)11-7-10(8-22(11)3)19-12(23)5-6-17/h7-8H,4-6,17H2,1-3H3,(H,18,20)(H,19,23)(H,21,24). The summed E-state index contributed by atoms with van der Waals surface area (Å²) in [6, 6.07) is 1.54. The smallest absolute Gasteiger partial charge is 0.374 e. The third-order valence-corrected chi connectivity index (χ3v) is 3.48. The molecule has 2 heterocycles. The molecule has 0 aliphatic heterocycles. The molecule has 10 heteroatoms. The maximum absolute atomic E-state index is 12.5. The number of nitrogens with two attached hydrogens (primary N) is 1. The monoisotopic (exact) mass is 362 g/mol. The van der Waals surface area contributed by atoms with Gasteiger partial charge < -0.3 is 30.7 Å². The van der Waals surface area contributed by atoms with Crippen molar-refractivity contribution in [1.29, 1.82) is 0 Å². The second-order valence-corrected chi connectivity index (χ2v) is 5.55. The Bertz CT molecular complexity index is 823. The number of hydrogen-bond donors (Lipinski definition) is 4. The van der Waals surface area contributed by atoms with Crippen LogP contribution in [0, 0.1) is 6.92 Å². The van der Waals surface area contributed by atoms with Crippen LogP contribution in [0.25, 0.3) is 0 Å². The molecule has 10 nitrogen and oxygen atoms in total. The lowest BCUT2D eigenvalue weighted by molar-refractivity contribution is -0.116. The number of carbonyl (C=O) groups excluding carboxylic acids is 3. The number of esters is 1. The summed E-state index contributed by atoms with van der Waals surface area (Å²) >= 11 is 0. The van der Waals surface area contributed by atoms with Crippen molar-refractivity contribution in [2.45, 2.75) is 20.3 Å². The van der Waals surface area contributed by atoms with Gasteiger partial charge in [0.1, 0.15) is 5.69 Å². The highest BCUT2D eigenvalue weighted by molar-refractivity contribution is 6.04. The molecule has 0 unspecified atom stereocenters. The molecule has 2 rings (SSSR count). The van der Waals surface area contributed by atoms with Gasteiger partial charge in [-0.3, -0.25) is 9.59 Å². The van der Waals surface area contributed by atoms with E-state index in [4.69, 9.17) is 10.5 Å². The van der Waals surface area contributed by atoms with Crippen molar-refractivity contribution in [3.8, 4) is 0 Å². The lowest BCUT2D eigenvalue weighted by Crippen LogP contribution is -2.16. The van der Waals surface area contributed by atoms with Gasteiger partial charge in [-0.2, -0.15) is 0 Å². The van der Waals surface area contributed by atoms with Gasteiger partial charge in [-0.1, -0.05) is 0 Å². The van der Waals surface area contributed by atoms with Gasteiger partial charge in [0, 0.05) is 26.2 Å². The fraction of sp³-hybridized carbons (Fsp3) is 0.375. The molecule has 0 atom stereocenters. The molecule has 0 bridgehead atoms. The van der Waals surface area contributed by atoms with Crippen molar-refractivity contribution in [3.63, 3.8) is 0 Å². The normalized spacial score (nSPS) is 10.5. The minimum atomic E-state index is -0.597. The van der Waals surface area contributed by atoms with Crippen LogP contribution < -0.4 is 16.4 Å². The van der Waals surface area contributed by atoms with Crippen molar-refractivity contribution in [2.24, 2.45) is 12.8 Å². The molecule has 0 spiro atoms. The topological polar surface area (TPSA) is 144 Å². The van der Waals surface area contributed by atoms with Crippen molar-refractivity contribution in [2.75, 3.05) is 23.8 Å². The summed E-state index contributed by atoms with van der Waals surface area (Å²) in [6.45, 7) is 3.83. The first-order chi connectivity index (χ1) is 12.3. The lowest BCUT2D eigenvalue weighted by atomic mass is 10.3. The summed E-state index contributed by atoms with van der Waals surface area (Å²) in [6.07, 6.45) is 1.81. The summed E-state index contributed by atoms with van der Waals surface area (Å²) in [4.78, 5) is 42.6. The van der Waals surface area contributed by atoms with E-state index in [0.29, 0.717) is 17.1 Å². The van der Waals surface area contributed by atoms with Crippen LogP contribution >= 0.6 is 0 Å². The van der Waals surface area contributed by atoms with E-state index >= 15 is 0 Å². The van der Waals surface area contributed by atoms with Gasteiger partial charge in [-0.05, 0) is 19.9 Å². The van der Waals surface area contributed by atoms with E-state index in [0.717, 1.165) is 0 Å². The average molecular weight is 362 g/mol. The molecule has 0 aromatic carbocycles. The minimum Gasteiger partial charge on any atom is -0.460 e. The van der Waals surface area contributed by atoms with Gasteiger partial charge in [0.2, 0.25) is 11.7 Å². The van der Waals surface area contributed by atoms with E-state index in [1.807, 2.05) is 0 Å². The zero-order valence-electron chi connectivity index (χ0n) is 14.9. The van der Waals surface area contributed by atoms with E-state index in [-0.39, 0.29) is 37.1 Å². The Morgan fingerprint density at radius 1 is 1.35 bits per heavy atom. The van der Waals surface area contributed by atoms with Crippen molar-refractivity contribution < 1.29 is 19.1 Å². The number of ether oxygens (including phenoxy) is 1. The number of carbonyl (C=O) groups is 3. The first-order valence-electron chi connectivity index (χ1n) is 8.07. The lowest BCUT2D eigenvalue weighted by Gasteiger charge is -2.03. The maximum Gasteiger partial charge on any atom is 0.374 e. The van der Waals surface area contributed by atoms with Gasteiger partial charge in [0.25, 0.3) is 5.91 Å². The zero-order valence-corrected chi connectivity index (χ0v) is 14.9. The van der Waals surface area contributed by atoms with Crippen molar-refractivity contribution in [3.05, 3.63) is 29.5 Å². The van der Waals surface area contributed by atoms with E-state index in [9.17, 15) is 14.4 Å². The largest absolute Gasteiger partial charge is 0.460 e. The van der Waals surface area contributed by atoms with Gasteiger partial charge in [-0.25, -0.2) is 9.78 Å². The fourth-order valence-corrected chi connectivity index (χ4v) is 2.26. The molecule has 0 fully saturated rings. The second-order valence-electron chi connectivity index (χ2n) is 5.55. The molecule has 5 N–H and O–H groups in total. The first kappa shape index (κ1) is 19.2. The number of imidazole rings is 1. The van der Waals surface area contributed by atoms with Crippen LogP contribution in [0.2, 0.25) is 0 Å². The zero-order chi connectivity index (χ0) is 19.3. The number of nitrogens with one attached hydrogen (secondary N) is 3. The summed E-state index contributed by atoms with van der Waals surface area (Å²) in [5.41, 5.74) is 6.66. The number of amides is 2. The Morgan fingerprint density at radius 3 is 2.73 bits per heavy atom. The number of aryl methyl sites for hydroxylation is 2. The van der Waals surface area contributed by atoms with Crippen LogP contribution in [0.4, 0.5) is 11.5 Å². The van der Waals surface area contributed by atoms with Crippen LogP contribution in [-0.4, -0.2) is 45.5 Å². The van der Waals surface area contributed by atoms with Crippen molar-refractivity contribution >= 4 is 29.3 Å². The minimum absolute atomic E-state index is 0.0151. The highest BCUT2D eigenvalue weighted by atomic mass is 16.5. The third-order valence-electron chi connectivity index (χ3n) is 3.48. The van der Waals surface area contributed by atoms with Gasteiger partial charge in [-0.15, -0.1) is 0 Å². The van der Waals surface area contributed by atoms with Gasteiger partial charge in [0.05, 0.1) is 18.0 Å². The third kappa shape index (κ3) is 4.48. The number of anilines is 2. The molecule has 0 aliphatic carbocycles. The molecule has 140 valence electrons. The Hall–Kier alpha value is -3.14. The number of rotatable bonds is 7. The van der Waals surface area contributed by atoms with E-state index in [1.54, 1.807) is 31.7 Å². The summed E-state index contributed by atoms with van der Waals surface area (Å²) in [5.74, 6) is -1.02. The number of nitrogens with zero attached hydrogens (tertiary/aromatic N) is 2. The number of H-pyrrole nitrogens is 1. The van der Waals surface area contributed by atoms with Crippen LogP contribution in [0.1, 0.15) is 40.1 Å². The Balaban J connectivity index is 2.12. The molecule has 0 aliphatic rings. The highest BCUT2D eigenvalue weighted by Crippen LogP contribution is 2.17. The van der Waals surface area contributed by atoms with Gasteiger partial charge >= 0.3 is 5.97 Å². The second kappa shape index (κ2) is 8.30. The molecule has 0 saturated heterocycles. The predicted octanol–water partition coefficient (Wildman–Crippen LogP) is 0.773. The molecule has 26 heavy (non-hydrogen) atoms. The summed E-state index contributed by atoms with van der Waals surface area (Å²) in [5, 5.41) is 5.30. The van der Waals surface area contributed by atoms with Crippen LogP contribution in [0.5, 0.6) is 0 Å². The number of aromatic nitrogens is 3. The fourth-order valence-electron chi connectivity index (χ4n) is 2.26. The number of aromatic amines is 1. The highest BCUT2D eigenvalue weighted by Gasteiger charge is 2.19. The molecular formula is C16H22N6O4. The molecule has 2 amide bonds. The SMILES string of the molecule is CCOC(=O)c1nc(NC(=O)c2cc(NC(=O)CCN)cn2C)c(C)[nH]1. The van der Waals surface area contributed by atoms with E-state index in [1.165, 1.54) is 6.07 Å². The summed E-state index contributed by atoms with van der Waals surface area (Å²) < 4.78 is 6.44. The first-order valence-corrected chi connectivity index (χ1v) is 8.07. The van der Waals surface area contributed by atoms with Gasteiger partial charge in [0.15, 0.2) is 5.82 Å². The Kier molecular flexibility index (Phi) is 6.12. The molecule has 2 aromatic rings. The molecular weight excluding hydrogens is 340 g/mol.